The van der Waals surface area contributed by atoms with Gasteiger partial charge in [0.05, 0.1) is 19.1 Å². The molecule has 1 atom stereocenters. The Morgan fingerprint density at radius 2 is 2.11 bits per heavy atom. The Morgan fingerprint density at radius 1 is 1.33 bits per heavy atom. The fraction of sp³-hybridized carbons (Fsp3) is 0.550. The lowest BCUT2D eigenvalue weighted by atomic mass is 9.97. The number of ether oxygens (including phenoxy) is 1. The number of amides is 1. The minimum absolute atomic E-state index is 0.276. The Hall–Kier alpha value is -2.02. The summed E-state index contributed by atoms with van der Waals surface area (Å²) in [5, 5.41) is 2.91. The summed E-state index contributed by atoms with van der Waals surface area (Å²) >= 11 is 0. The zero-order valence-electron chi connectivity index (χ0n) is 16.4. The van der Waals surface area contributed by atoms with E-state index in [-0.39, 0.29) is 5.91 Å². The van der Waals surface area contributed by atoms with Crippen LogP contribution < -0.4 is 14.4 Å². The van der Waals surface area contributed by atoms with Crippen LogP contribution in [0, 0.1) is 0 Å². The normalized spacial score (nSPS) is 15.6. The Balaban J connectivity index is 2.13. The number of allylic oxidation sites excluding steroid dienone is 1. The van der Waals surface area contributed by atoms with Gasteiger partial charge in [0.2, 0.25) is 15.9 Å². The van der Waals surface area contributed by atoms with Crippen LogP contribution >= 0.6 is 0 Å². The summed E-state index contributed by atoms with van der Waals surface area (Å²) in [4.78, 5) is 12.8. The largest absolute Gasteiger partial charge is 0.497 e. The van der Waals surface area contributed by atoms with E-state index in [9.17, 15) is 13.2 Å². The van der Waals surface area contributed by atoms with E-state index in [1.807, 2.05) is 6.92 Å². The first-order chi connectivity index (χ1) is 12.9. The highest BCUT2D eigenvalue weighted by Gasteiger charge is 2.31. The molecule has 150 valence electrons. The van der Waals surface area contributed by atoms with E-state index in [1.165, 1.54) is 29.8 Å². The minimum atomic E-state index is -3.64. The first-order valence-electron chi connectivity index (χ1n) is 9.46. The van der Waals surface area contributed by atoms with Crippen LogP contribution in [0.5, 0.6) is 5.75 Å². The molecule has 1 aliphatic rings. The molecule has 1 aromatic carbocycles. The average molecular weight is 395 g/mol. The Labute approximate surface area is 162 Å². The molecule has 1 aromatic rings. The molecule has 0 spiro atoms. The van der Waals surface area contributed by atoms with Crippen LogP contribution in [0.1, 0.15) is 45.4 Å². The fourth-order valence-corrected chi connectivity index (χ4v) is 4.61. The highest BCUT2D eigenvalue weighted by atomic mass is 32.2. The Bertz CT molecular complexity index is 774. The molecule has 1 aliphatic carbocycles. The van der Waals surface area contributed by atoms with E-state index in [0.717, 1.165) is 25.5 Å². The van der Waals surface area contributed by atoms with Crippen LogP contribution in [0.2, 0.25) is 0 Å². The molecule has 7 heteroatoms. The monoisotopic (exact) mass is 394 g/mol. The van der Waals surface area contributed by atoms with Gasteiger partial charge in [-0.2, -0.15) is 0 Å². The molecular weight excluding hydrogens is 364 g/mol. The minimum Gasteiger partial charge on any atom is -0.497 e. The number of nitrogens with zero attached hydrogens (tertiary/aromatic N) is 1. The summed E-state index contributed by atoms with van der Waals surface area (Å²) in [5.41, 5.74) is 1.80. The second-order valence-corrected chi connectivity index (χ2v) is 8.69. The molecule has 0 saturated heterocycles. The number of carbonyl (C=O) groups is 1. The van der Waals surface area contributed by atoms with Crippen molar-refractivity contribution in [3.8, 4) is 5.75 Å². The van der Waals surface area contributed by atoms with Crippen molar-refractivity contribution in [1.29, 1.82) is 0 Å². The van der Waals surface area contributed by atoms with Gasteiger partial charge in [-0.25, -0.2) is 8.42 Å². The van der Waals surface area contributed by atoms with Crippen LogP contribution in [-0.2, 0) is 14.8 Å². The zero-order valence-corrected chi connectivity index (χ0v) is 17.2. The van der Waals surface area contributed by atoms with Crippen LogP contribution in [0.4, 0.5) is 5.69 Å². The zero-order chi connectivity index (χ0) is 19.9. The van der Waals surface area contributed by atoms with E-state index in [4.69, 9.17) is 4.74 Å². The number of nitrogens with one attached hydrogen (secondary N) is 1. The molecule has 1 amide bonds. The predicted octanol–water partition coefficient (Wildman–Crippen LogP) is 3.25. The van der Waals surface area contributed by atoms with Gasteiger partial charge in [0.15, 0.2) is 0 Å². The van der Waals surface area contributed by atoms with Crippen molar-refractivity contribution in [2.45, 2.75) is 51.5 Å². The van der Waals surface area contributed by atoms with Crippen molar-refractivity contribution < 1.29 is 17.9 Å². The number of rotatable bonds is 9. The summed E-state index contributed by atoms with van der Waals surface area (Å²) in [7, 11) is -2.12. The molecule has 0 bridgehead atoms. The van der Waals surface area contributed by atoms with Crippen molar-refractivity contribution in [1.82, 2.24) is 5.32 Å². The standard InChI is InChI=1S/C20H30N2O4S/c1-4-19(20(23)21-14-13-16-9-6-5-7-10-16)22(27(3,24)25)17-11-8-12-18(15-17)26-2/h8-9,11-12,15,19H,4-7,10,13-14H2,1-3H3,(H,21,23)/t19-/m1/s1. The molecule has 0 unspecified atom stereocenters. The second-order valence-electron chi connectivity index (χ2n) is 6.83. The number of benzene rings is 1. The van der Waals surface area contributed by atoms with Crippen molar-refractivity contribution >= 4 is 21.6 Å². The molecule has 1 N–H and O–H groups in total. The molecule has 27 heavy (non-hydrogen) atoms. The van der Waals surface area contributed by atoms with E-state index >= 15 is 0 Å². The second kappa shape index (κ2) is 9.78. The number of hydrogen-bond donors (Lipinski definition) is 1. The molecule has 6 nitrogen and oxygen atoms in total. The first-order valence-corrected chi connectivity index (χ1v) is 11.3. The summed E-state index contributed by atoms with van der Waals surface area (Å²) in [6, 6.07) is 5.96. The van der Waals surface area contributed by atoms with Gasteiger partial charge >= 0.3 is 0 Å². The number of anilines is 1. The maximum Gasteiger partial charge on any atom is 0.243 e. The van der Waals surface area contributed by atoms with E-state index in [0.29, 0.717) is 24.4 Å². The van der Waals surface area contributed by atoms with Gasteiger partial charge < -0.3 is 10.1 Å². The van der Waals surface area contributed by atoms with Crippen molar-refractivity contribution in [3.63, 3.8) is 0 Å². The van der Waals surface area contributed by atoms with Gasteiger partial charge in [0, 0.05) is 12.6 Å². The van der Waals surface area contributed by atoms with Gasteiger partial charge in [-0.15, -0.1) is 0 Å². The van der Waals surface area contributed by atoms with Crippen molar-refractivity contribution in [2.75, 3.05) is 24.2 Å². The Morgan fingerprint density at radius 3 is 2.70 bits per heavy atom. The first kappa shape index (κ1) is 21.3. The van der Waals surface area contributed by atoms with Crippen LogP contribution in [-0.4, -0.2) is 40.3 Å². The molecule has 2 rings (SSSR count). The molecular formula is C20H30N2O4S. The Kier molecular flexibility index (Phi) is 7.71. The predicted molar refractivity (Wildman–Crippen MR) is 109 cm³/mol. The molecule has 0 heterocycles. The SMILES string of the molecule is CC[C@H](C(=O)NCCC1=CCCCC1)N(c1cccc(OC)c1)S(C)(=O)=O. The van der Waals surface area contributed by atoms with Crippen LogP contribution in [0.3, 0.4) is 0 Å². The summed E-state index contributed by atoms with van der Waals surface area (Å²) in [6.07, 6.45) is 9.21. The maximum absolute atomic E-state index is 12.8. The quantitative estimate of drug-likeness (QED) is 0.653. The average Bonchev–Trinajstić information content (AvgIpc) is 2.65. The third-order valence-electron chi connectivity index (χ3n) is 4.77. The van der Waals surface area contributed by atoms with Gasteiger partial charge in [-0.1, -0.05) is 24.6 Å². The molecule has 0 fully saturated rings. The summed E-state index contributed by atoms with van der Waals surface area (Å²) < 4.78 is 31.3. The topological polar surface area (TPSA) is 75.7 Å². The lowest BCUT2D eigenvalue weighted by Gasteiger charge is -2.30. The summed E-state index contributed by atoms with van der Waals surface area (Å²) in [5.74, 6) is 0.266. The van der Waals surface area contributed by atoms with Crippen LogP contribution in [0.15, 0.2) is 35.9 Å². The number of sulfonamides is 1. The number of carbonyl (C=O) groups excluding carboxylic acids is 1. The molecule has 0 saturated carbocycles. The van der Waals surface area contributed by atoms with Crippen molar-refractivity contribution in [3.05, 3.63) is 35.9 Å². The van der Waals surface area contributed by atoms with Crippen molar-refractivity contribution in [2.24, 2.45) is 0 Å². The third kappa shape index (κ3) is 5.99. The lowest BCUT2D eigenvalue weighted by Crippen LogP contribution is -2.49. The highest BCUT2D eigenvalue weighted by molar-refractivity contribution is 7.92. The smallest absolute Gasteiger partial charge is 0.243 e. The van der Waals surface area contributed by atoms with Gasteiger partial charge in [-0.05, 0) is 50.7 Å². The highest BCUT2D eigenvalue weighted by Crippen LogP contribution is 2.26. The van der Waals surface area contributed by atoms with E-state index in [2.05, 4.69) is 11.4 Å². The van der Waals surface area contributed by atoms with Gasteiger partial charge in [0.25, 0.3) is 0 Å². The molecule has 0 radical (unpaired) electrons. The fourth-order valence-electron chi connectivity index (χ4n) is 3.40. The van der Waals surface area contributed by atoms with Gasteiger partial charge in [-0.3, -0.25) is 9.10 Å². The van der Waals surface area contributed by atoms with Gasteiger partial charge in [0.1, 0.15) is 11.8 Å². The van der Waals surface area contributed by atoms with E-state index < -0.39 is 16.1 Å². The van der Waals surface area contributed by atoms with E-state index in [1.54, 1.807) is 24.3 Å². The molecule has 0 aromatic heterocycles. The third-order valence-corrected chi connectivity index (χ3v) is 5.95. The van der Waals surface area contributed by atoms with Crippen LogP contribution in [0.25, 0.3) is 0 Å². The lowest BCUT2D eigenvalue weighted by molar-refractivity contribution is -0.122. The number of hydrogen-bond acceptors (Lipinski definition) is 4. The number of methoxy groups -OCH3 is 1. The molecule has 0 aliphatic heterocycles. The maximum atomic E-state index is 12.8. The summed E-state index contributed by atoms with van der Waals surface area (Å²) in [6.45, 7) is 2.34.